The fraction of sp³-hybridized carbons (Fsp3) is 0.481. The van der Waals surface area contributed by atoms with Crippen LogP contribution in [-0.4, -0.2) is 200 Å². The number of anilines is 3. The molecule has 0 atom stereocenters. The second-order valence-electron chi connectivity index (χ2n) is 19.5. The maximum atomic E-state index is 12.6. The number of carboxylic acids is 1. The third-order valence-electron chi connectivity index (χ3n) is 14.0. The number of imide groups is 2. The zero-order chi connectivity index (χ0) is 54.2. The number of aliphatic carboxylic acids is 1. The van der Waals surface area contributed by atoms with Gasteiger partial charge in [0, 0.05) is 152 Å². The number of benzene rings is 2. The summed E-state index contributed by atoms with van der Waals surface area (Å²) in [5, 5.41) is 26.5. The van der Waals surface area contributed by atoms with Crippen molar-refractivity contribution in [2.45, 2.75) is 50.7 Å². The van der Waals surface area contributed by atoms with Crippen LogP contribution in [0.1, 0.15) is 49.7 Å². The highest BCUT2D eigenvalue weighted by atomic mass is 16.5. The highest BCUT2D eigenvalue weighted by Crippen LogP contribution is 2.27. The molecular formula is C54H68N14O9. The third kappa shape index (κ3) is 15.9. The van der Waals surface area contributed by atoms with Crippen LogP contribution >= 0.6 is 0 Å². The number of hydrogen-bond acceptors (Lipinski definition) is 13. The number of rotatable bonds is 8. The van der Waals surface area contributed by atoms with Crippen LogP contribution in [0.5, 0.6) is 0 Å². The highest BCUT2D eigenvalue weighted by molar-refractivity contribution is 6.06. The number of nitrogens with zero attached hydrogens (tertiary/aromatic N) is 9. The van der Waals surface area contributed by atoms with Crippen molar-refractivity contribution in [1.82, 2.24) is 56.0 Å². The van der Waals surface area contributed by atoms with Gasteiger partial charge >= 0.3 is 30.1 Å². The average molecular weight is 1060 g/mol. The van der Waals surface area contributed by atoms with Crippen molar-refractivity contribution >= 4 is 59.0 Å². The number of hydrogen-bond donors (Lipinski definition) is 6. The number of carbonyl (C=O) groups excluding carboxylic acids is 6. The Balaban J connectivity index is 0.000000160. The summed E-state index contributed by atoms with van der Waals surface area (Å²) >= 11 is 0. The summed E-state index contributed by atoms with van der Waals surface area (Å²) in [5.74, 6) is 11.4. The van der Waals surface area contributed by atoms with Gasteiger partial charge in [0.1, 0.15) is 6.54 Å². The molecule has 0 unspecified atom stereocenters. The zero-order valence-electron chi connectivity index (χ0n) is 43.4. The van der Waals surface area contributed by atoms with Gasteiger partial charge in [0.2, 0.25) is 11.8 Å². The van der Waals surface area contributed by atoms with Crippen molar-refractivity contribution in [1.29, 1.82) is 0 Å². The molecule has 2 aromatic carbocycles. The topological polar surface area (TPSA) is 250 Å². The zero-order valence-corrected chi connectivity index (χ0v) is 43.4. The summed E-state index contributed by atoms with van der Waals surface area (Å²) in [6.07, 6.45) is 7.13. The summed E-state index contributed by atoms with van der Waals surface area (Å²) in [6.45, 7) is 17.6. The quantitative estimate of drug-likeness (QED) is 0.177. The van der Waals surface area contributed by atoms with Crippen molar-refractivity contribution in [2.75, 3.05) is 133 Å². The Morgan fingerprint density at radius 2 is 1.23 bits per heavy atom. The smallest absolute Gasteiger partial charge is 0.328 e. The van der Waals surface area contributed by atoms with Crippen LogP contribution in [0.3, 0.4) is 0 Å². The maximum Gasteiger partial charge on any atom is 0.328 e. The third-order valence-corrected chi connectivity index (χ3v) is 14.0. The average Bonchev–Trinajstić information content (AvgIpc) is 3.88. The Labute approximate surface area is 448 Å². The van der Waals surface area contributed by atoms with E-state index in [2.05, 4.69) is 71.7 Å². The fourth-order valence-corrected chi connectivity index (χ4v) is 9.81. The molecule has 408 valence electrons. The minimum Gasteiger partial charge on any atom is -0.480 e. The minimum absolute atomic E-state index is 0.00977. The molecule has 8 heterocycles. The molecule has 7 fully saturated rings. The van der Waals surface area contributed by atoms with Crippen LogP contribution in [0.4, 0.5) is 36.2 Å². The van der Waals surface area contributed by atoms with Crippen LogP contribution in [0.15, 0.2) is 73.2 Å². The summed E-state index contributed by atoms with van der Waals surface area (Å²) in [6, 6.07) is 14.3. The first-order valence-corrected chi connectivity index (χ1v) is 26.2. The molecule has 10 amide bonds. The largest absolute Gasteiger partial charge is 0.480 e. The highest BCUT2D eigenvalue weighted by Gasteiger charge is 2.37. The second-order valence-corrected chi connectivity index (χ2v) is 19.5. The SMILES string of the molecule is C=C1CCN(c2cnn(CC(=O)O)c2)C(=O)N1.O=C1CCN(c2cccc(C#CCCN3CCN(C(=O)N4CCNCC4)CC3)c2)C(=O)N1.O=C1CCN(c2cccc(C#CCN3CCOC4(CCNCC4)C3)c2)C(=O)N1. The molecule has 10 rings (SSSR count). The van der Waals surface area contributed by atoms with Crippen molar-refractivity contribution in [3.63, 3.8) is 0 Å². The predicted molar refractivity (Wildman–Crippen MR) is 287 cm³/mol. The molecule has 23 heteroatoms. The van der Waals surface area contributed by atoms with Crippen LogP contribution in [0.25, 0.3) is 0 Å². The molecule has 77 heavy (non-hydrogen) atoms. The van der Waals surface area contributed by atoms with E-state index in [9.17, 15) is 33.6 Å². The Bertz CT molecular complexity index is 2770. The maximum absolute atomic E-state index is 12.6. The van der Waals surface area contributed by atoms with Gasteiger partial charge in [0.05, 0.1) is 30.6 Å². The molecule has 0 saturated carbocycles. The summed E-state index contributed by atoms with van der Waals surface area (Å²) < 4.78 is 7.38. The predicted octanol–water partition coefficient (Wildman–Crippen LogP) is 1.86. The normalized spacial score (nSPS) is 20.0. The standard InChI is InChI=1S/C23H30N6O3.C21H26N4O3.C10H12N4O3/c30-21-7-11-29(22(31)25-21)20-6-3-5-19(18-20)4-1-2-10-26-14-16-28(17-15-26)23(32)27-12-8-24-9-13-27;26-19-6-12-25(20(27)23-19)18-5-1-3-17(15-18)4-2-11-24-13-14-28-21(16-24)7-9-22-10-8-21;1-7-2-3-14(10(17)12-7)8-4-11-13(5-8)6-9(15)16/h3,5-6,18,24H,2,7-17H2,(H,25,30,31);1,3,5,15,22H,6-14,16H2,(H,23,26,27);4-5H,1-3,6H2,(H,12,17)(H,15,16). The van der Waals surface area contributed by atoms with Crippen molar-refractivity contribution < 1.29 is 43.4 Å². The number of aromatic nitrogens is 2. The van der Waals surface area contributed by atoms with Gasteiger partial charge in [-0.3, -0.25) is 54.2 Å². The van der Waals surface area contributed by atoms with Gasteiger partial charge in [0.25, 0.3) is 0 Å². The van der Waals surface area contributed by atoms with Gasteiger partial charge in [-0.25, -0.2) is 19.2 Å². The van der Waals surface area contributed by atoms with E-state index in [0.29, 0.717) is 56.8 Å². The van der Waals surface area contributed by atoms with E-state index in [1.54, 1.807) is 9.80 Å². The number of piperazine rings is 2. The number of nitrogens with one attached hydrogen (secondary N) is 5. The number of urea groups is 4. The van der Waals surface area contributed by atoms with Gasteiger partial charge in [-0.1, -0.05) is 42.4 Å². The van der Waals surface area contributed by atoms with E-state index in [0.717, 1.165) is 133 Å². The Morgan fingerprint density at radius 1 is 0.662 bits per heavy atom. The van der Waals surface area contributed by atoms with Crippen molar-refractivity contribution in [2.24, 2.45) is 0 Å². The van der Waals surface area contributed by atoms with Crippen LogP contribution in [0, 0.1) is 23.7 Å². The molecule has 23 nitrogen and oxygen atoms in total. The van der Waals surface area contributed by atoms with E-state index in [4.69, 9.17) is 9.84 Å². The van der Waals surface area contributed by atoms with Crippen molar-refractivity contribution in [3.05, 3.63) is 84.3 Å². The summed E-state index contributed by atoms with van der Waals surface area (Å²) in [7, 11) is 0. The van der Waals surface area contributed by atoms with Gasteiger partial charge < -0.3 is 35.6 Å². The van der Waals surface area contributed by atoms with Gasteiger partial charge in [-0.05, 0) is 62.3 Å². The molecule has 7 saturated heterocycles. The van der Waals surface area contributed by atoms with Gasteiger partial charge in [-0.15, -0.1) is 0 Å². The molecule has 3 aromatic rings. The summed E-state index contributed by atoms with van der Waals surface area (Å²) in [4.78, 5) is 94.7. The number of piperidine rings is 1. The van der Waals surface area contributed by atoms with E-state index >= 15 is 0 Å². The first kappa shape index (κ1) is 55.4. The van der Waals surface area contributed by atoms with E-state index in [1.165, 1.54) is 22.0 Å². The molecule has 7 aliphatic heterocycles. The van der Waals surface area contributed by atoms with Crippen LogP contribution in [0.2, 0.25) is 0 Å². The molecule has 1 spiro atoms. The van der Waals surface area contributed by atoms with Crippen molar-refractivity contribution in [3.8, 4) is 23.7 Å². The minimum atomic E-state index is -0.976. The first-order chi connectivity index (χ1) is 37.3. The molecule has 6 N–H and O–H groups in total. The molecule has 0 aliphatic carbocycles. The molecule has 7 aliphatic rings. The number of amides is 10. The van der Waals surface area contributed by atoms with E-state index in [-0.39, 0.29) is 48.1 Å². The lowest BCUT2D eigenvalue weighted by atomic mass is 9.90. The van der Waals surface area contributed by atoms with Gasteiger partial charge in [-0.2, -0.15) is 5.10 Å². The lowest BCUT2D eigenvalue weighted by Gasteiger charge is -2.44. The monoisotopic (exact) mass is 1060 g/mol. The lowest BCUT2D eigenvalue weighted by molar-refractivity contribution is -0.138. The number of ether oxygens (including phenoxy) is 1. The molecular weight excluding hydrogens is 989 g/mol. The summed E-state index contributed by atoms with van der Waals surface area (Å²) in [5.41, 5.74) is 4.47. The molecule has 0 radical (unpaired) electrons. The Kier molecular flexibility index (Phi) is 19.3. The fourth-order valence-electron chi connectivity index (χ4n) is 9.81. The van der Waals surface area contributed by atoms with E-state index < -0.39 is 5.97 Å². The lowest BCUT2D eigenvalue weighted by Crippen LogP contribution is -2.56. The second kappa shape index (κ2) is 26.8. The first-order valence-electron chi connectivity index (χ1n) is 26.2. The number of carboxylic acid groups (broad SMARTS) is 1. The van der Waals surface area contributed by atoms with Gasteiger partial charge in [0.15, 0.2) is 0 Å². The van der Waals surface area contributed by atoms with E-state index in [1.807, 2.05) is 58.3 Å². The van der Waals surface area contributed by atoms with Crippen LogP contribution < -0.4 is 41.3 Å². The molecule has 0 bridgehead atoms. The Morgan fingerprint density at radius 3 is 1.84 bits per heavy atom. The number of morpholine rings is 1. The Hall–Kier alpha value is -7.80. The van der Waals surface area contributed by atoms with Crippen LogP contribution in [-0.2, 0) is 25.7 Å². The molecule has 1 aromatic heterocycles. The number of carbonyl (C=O) groups is 7.